The highest BCUT2D eigenvalue weighted by Crippen LogP contribution is 2.20. The first-order valence-corrected chi connectivity index (χ1v) is 8.57. The maximum atomic E-state index is 12.3. The lowest BCUT2D eigenvalue weighted by atomic mass is 9.94. The van der Waals surface area contributed by atoms with Gasteiger partial charge in [-0.25, -0.2) is 0 Å². The minimum Gasteiger partial charge on any atom is -0.352 e. The highest BCUT2D eigenvalue weighted by molar-refractivity contribution is 6.30. The Labute approximate surface area is 147 Å². The normalized spacial score (nSPS) is 17.0. The summed E-state index contributed by atoms with van der Waals surface area (Å²) >= 11 is 5.95. The molecule has 0 heterocycles. The van der Waals surface area contributed by atoms with Gasteiger partial charge in [-0.15, -0.1) is 0 Å². The van der Waals surface area contributed by atoms with E-state index in [9.17, 15) is 14.9 Å². The van der Waals surface area contributed by atoms with Crippen LogP contribution < -0.4 is 5.32 Å². The summed E-state index contributed by atoms with van der Waals surface area (Å²) in [5, 5.41) is 12.7. The second-order valence-corrected chi connectivity index (χ2v) is 6.58. The van der Waals surface area contributed by atoms with Crippen LogP contribution in [0.4, 0.5) is 0 Å². The van der Waals surface area contributed by atoms with Gasteiger partial charge in [0.1, 0.15) is 0 Å². The molecule has 1 N–H and O–H groups in total. The number of allylic oxidation sites excluding steroid dienone is 2. The molecule has 5 heteroatoms. The molecule has 1 saturated carbocycles. The average molecular weight is 345 g/mol. The first kappa shape index (κ1) is 18.2. The molecule has 24 heavy (non-hydrogen) atoms. The maximum absolute atomic E-state index is 12.3. The number of ketones is 1. The van der Waals surface area contributed by atoms with Crippen LogP contribution in [0, 0.1) is 17.2 Å². The van der Waals surface area contributed by atoms with Crippen molar-refractivity contribution in [1.29, 1.82) is 5.26 Å². The molecule has 1 amide bonds. The number of carbonyl (C=O) groups excluding carboxylic acids is 2. The molecule has 126 valence electrons. The predicted octanol–water partition coefficient (Wildman–Crippen LogP) is 3.90. The van der Waals surface area contributed by atoms with E-state index in [-0.39, 0.29) is 6.04 Å². The van der Waals surface area contributed by atoms with Gasteiger partial charge in [-0.05, 0) is 49.1 Å². The quantitative estimate of drug-likeness (QED) is 0.650. The van der Waals surface area contributed by atoms with Crippen LogP contribution in [0.2, 0.25) is 5.02 Å². The van der Waals surface area contributed by atoms with Crippen LogP contribution in [0.25, 0.3) is 5.57 Å². The minimum atomic E-state index is -1.30. The Bertz CT molecular complexity index is 685. The van der Waals surface area contributed by atoms with E-state index >= 15 is 0 Å². The van der Waals surface area contributed by atoms with Crippen LogP contribution in [-0.4, -0.2) is 17.7 Å². The zero-order valence-electron chi connectivity index (χ0n) is 13.7. The van der Waals surface area contributed by atoms with Gasteiger partial charge in [-0.1, -0.05) is 43.0 Å². The Kier molecular flexibility index (Phi) is 6.57. The van der Waals surface area contributed by atoms with Crippen molar-refractivity contribution in [2.45, 2.75) is 45.1 Å². The Balaban J connectivity index is 2.06. The first-order valence-electron chi connectivity index (χ1n) is 8.19. The Morgan fingerprint density at radius 3 is 2.67 bits per heavy atom. The topological polar surface area (TPSA) is 70.0 Å². The lowest BCUT2D eigenvalue weighted by Gasteiger charge is -2.23. The fraction of sp³-hybridized carbons (Fsp3) is 0.421. The molecule has 1 atom stereocenters. The van der Waals surface area contributed by atoms with Gasteiger partial charge in [0, 0.05) is 11.1 Å². The van der Waals surface area contributed by atoms with Crippen molar-refractivity contribution in [3.8, 4) is 6.07 Å². The van der Waals surface area contributed by atoms with E-state index in [4.69, 9.17) is 11.6 Å². The van der Waals surface area contributed by atoms with Gasteiger partial charge in [0.25, 0.3) is 0 Å². The van der Waals surface area contributed by atoms with Crippen molar-refractivity contribution in [2.24, 2.45) is 5.92 Å². The van der Waals surface area contributed by atoms with E-state index in [1.165, 1.54) is 12.5 Å². The molecule has 1 aliphatic carbocycles. The summed E-state index contributed by atoms with van der Waals surface area (Å²) in [5.74, 6) is -2.30. The first-order chi connectivity index (χ1) is 11.5. The standard InChI is InChI=1S/C19H21ClN2O2/c1-13(14-6-5-7-15(20)11-14)10-18(23)17(12-21)19(24)22-16-8-3-2-4-9-16/h5-7,10-11,16-17H,2-4,8-9H2,1H3,(H,22,24). The lowest BCUT2D eigenvalue weighted by Crippen LogP contribution is -2.41. The van der Waals surface area contributed by atoms with Crippen molar-refractivity contribution < 1.29 is 9.59 Å². The van der Waals surface area contributed by atoms with Crippen LogP contribution >= 0.6 is 11.6 Å². The highest BCUT2D eigenvalue weighted by Gasteiger charge is 2.27. The average Bonchev–Trinajstić information content (AvgIpc) is 2.56. The van der Waals surface area contributed by atoms with E-state index in [1.807, 2.05) is 12.1 Å². The van der Waals surface area contributed by atoms with Gasteiger partial charge in [-0.3, -0.25) is 9.59 Å². The molecule has 1 unspecified atom stereocenters. The second kappa shape index (κ2) is 8.65. The van der Waals surface area contributed by atoms with E-state index in [0.29, 0.717) is 10.6 Å². The number of hydrogen-bond acceptors (Lipinski definition) is 3. The van der Waals surface area contributed by atoms with Crippen LogP contribution in [0.1, 0.15) is 44.6 Å². The largest absolute Gasteiger partial charge is 0.352 e. The molecule has 1 aromatic carbocycles. The summed E-state index contributed by atoms with van der Waals surface area (Å²) in [6, 6.07) is 9.01. The van der Waals surface area contributed by atoms with Crippen LogP contribution in [-0.2, 0) is 9.59 Å². The number of nitriles is 1. The number of rotatable bonds is 5. The smallest absolute Gasteiger partial charge is 0.245 e. The molecule has 2 rings (SSSR count). The molecule has 0 aromatic heterocycles. The van der Waals surface area contributed by atoms with Crippen molar-refractivity contribution in [2.75, 3.05) is 0 Å². The summed E-state index contributed by atoms with van der Waals surface area (Å²) in [5.41, 5.74) is 1.47. The molecular weight excluding hydrogens is 324 g/mol. The van der Waals surface area contributed by atoms with E-state index in [2.05, 4.69) is 5.32 Å². The number of nitrogens with zero attached hydrogens (tertiary/aromatic N) is 1. The van der Waals surface area contributed by atoms with Crippen molar-refractivity contribution >= 4 is 28.9 Å². The highest BCUT2D eigenvalue weighted by atomic mass is 35.5. The third-order valence-electron chi connectivity index (χ3n) is 4.27. The van der Waals surface area contributed by atoms with Crippen molar-refractivity contribution in [3.63, 3.8) is 0 Å². The molecule has 0 aliphatic heterocycles. The third kappa shape index (κ3) is 4.94. The van der Waals surface area contributed by atoms with Crippen molar-refractivity contribution in [1.82, 2.24) is 5.32 Å². The van der Waals surface area contributed by atoms with E-state index < -0.39 is 17.6 Å². The molecule has 1 aliphatic rings. The predicted molar refractivity (Wildman–Crippen MR) is 94.2 cm³/mol. The SMILES string of the molecule is CC(=CC(=O)C(C#N)C(=O)NC1CCCCC1)c1cccc(Cl)c1. The molecule has 4 nitrogen and oxygen atoms in total. The number of amides is 1. The molecule has 0 spiro atoms. The van der Waals surface area contributed by atoms with E-state index in [0.717, 1.165) is 31.2 Å². The number of carbonyl (C=O) groups is 2. The molecule has 1 fully saturated rings. The maximum Gasteiger partial charge on any atom is 0.245 e. The monoisotopic (exact) mass is 344 g/mol. The van der Waals surface area contributed by atoms with Gasteiger partial charge in [0.15, 0.2) is 11.7 Å². The number of benzene rings is 1. The van der Waals surface area contributed by atoms with Crippen LogP contribution in [0.15, 0.2) is 30.3 Å². The summed E-state index contributed by atoms with van der Waals surface area (Å²) in [7, 11) is 0. The summed E-state index contributed by atoms with van der Waals surface area (Å²) in [6.45, 7) is 1.76. The Hall–Kier alpha value is -2.12. The Morgan fingerprint density at radius 2 is 2.04 bits per heavy atom. The van der Waals surface area contributed by atoms with Crippen LogP contribution in [0.3, 0.4) is 0 Å². The summed E-state index contributed by atoms with van der Waals surface area (Å²) in [6.07, 6.45) is 6.49. The van der Waals surface area contributed by atoms with Gasteiger partial charge >= 0.3 is 0 Å². The molecule has 1 aromatic rings. The Morgan fingerprint density at radius 1 is 1.33 bits per heavy atom. The molecule has 0 saturated heterocycles. The summed E-state index contributed by atoms with van der Waals surface area (Å²) in [4.78, 5) is 24.6. The number of nitrogens with one attached hydrogen (secondary N) is 1. The van der Waals surface area contributed by atoms with Crippen molar-refractivity contribution in [3.05, 3.63) is 40.9 Å². The number of halogens is 1. The molecule has 0 bridgehead atoms. The second-order valence-electron chi connectivity index (χ2n) is 6.15. The number of hydrogen-bond donors (Lipinski definition) is 1. The fourth-order valence-electron chi connectivity index (χ4n) is 2.90. The zero-order chi connectivity index (χ0) is 17.5. The third-order valence-corrected chi connectivity index (χ3v) is 4.50. The fourth-order valence-corrected chi connectivity index (χ4v) is 3.09. The lowest BCUT2D eigenvalue weighted by molar-refractivity contribution is -0.130. The zero-order valence-corrected chi connectivity index (χ0v) is 14.5. The molecule has 0 radical (unpaired) electrons. The van der Waals surface area contributed by atoms with Gasteiger partial charge in [-0.2, -0.15) is 5.26 Å². The van der Waals surface area contributed by atoms with Gasteiger partial charge < -0.3 is 5.32 Å². The van der Waals surface area contributed by atoms with Gasteiger partial charge in [0.05, 0.1) is 6.07 Å². The van der Waals surface area contributed by atoms with Gasteiger partial charge in [0.2, 0.25) is 5.91 Å². The van der Waals surface area contributed by atoms with E-state index in [1.54, 1.807) is 25.1 Å². The van der Waals surface area contributed by atoms with Crippen LogP contribution in [0.5, 0.6) is 0 Å². The minimum absolute atomic E-state index is 0.0768. The molecular formula is C19H21ClN2O2. The summed E-state index contributed by atoms with van der Waals surface area (Å²) < 4.78 is 0.